The second-order valence-electron chi connectivity index (χ2n) is 4.96. The number of fused-ring (bicyclic) bond motifs is 2. The van der Waals surface area contributed by atoms with E-state index in [0.29, 0.717) is 5.56 Å². The van der Waals surface area contributed by atoms with E-state index in [9.17, 15) is 0 Å². The number of imidazole rings is 1. The summed E-state index contributed by atoms with van der Waals surface area (Å²) in [4.78, 5) is 5.86. The quantitative estimate of drug-likeness (QED) is 0.523. The maximum absolute atomic E-state index is 9.00. The normalized spacial score (nSPS) is 11.0. The van der Waals surface area contributed by atoms with Gasteiger partial charge in [0.1, 0.15) is 0 Å². The third kappa shape index (κ3) is 1.83. The Morgan fingerprint density at radius 1 is 1.14 bits per heavy atom. The molecule has 100 valence electrons. The van der Waals surface area contributed by atoms with Crippen LogP contribution in [0.4, 0.5) is 0 Å². The second kappa shape index (κ2) is 4.44. The molecule has 0 bridgehead atoms. The Morgan fingerprint density at radius 3 is 2.81 bits per heavy atom. The zero-order valence-corrected chi connectivity index (χ0v) is 12.2. The minimum Gasteiger partial charge on any atom is -0.326 e. The summed E-state index contributed by atoms with van der Waals surface area (Å²) >= 11 is 1.74. The molecule has 2 heterocycles. The molecule has 0 atom stereocenters. The minimum absolute atomic E-state index is 0.642. The summed E-state index contributed by atoms with van der Waals surface area (Å²) in [6, 6.07) is 18.3. The van der Waals surface area contributed by atoms with Crippen molar-refractivity contribution in [2.45, 2.75) is 0 Å². The lowest BCUT2D eigenvalue weighted by Crippen LogP contribution is -1.90. The van der Waals surface area contributed by atoms with Gasteiger partial charge in [-0.1, -0.05) is 18.2 Å². The monoisotopic (exact) mass is 289 g/mol. The summed E-state index contributed by atoms with van der Waals surface area (Å²) in [6.45, 7) is 0. The Morgan fingerprint density at radius 2 is 2.00 bits per heavy atom. The van der Waals surface area contributed by atoms with Gasteiger partial charge in [0.25, 0.3) is 0 Å². The number of hydrogen-bond donors (Lipinski definition) is 0. The lowest BCUT2D eigenvalue weighted by atomic mass is 10.2. The molecule has 0 N–H and O–H groups in total. The van der Waals surface area contributed by atoms with Gasteiger partial charge >= 0.3 is 0 Å². The first kappa shape index (κ1) is 12.1. The molecule has 2 aromatic heterocycles. The van der Waals surface area contributed by atoms with Crippen molar-refractivity contribution in [2.75, 3.05) is 0 Å². The van der Waals surface area contributed by atoms with Crippen LogP contribution >= 0.6 is 11.3 Å². The number of nitriles is 1. The van der Waals surface area contributed by atoms with Gasteiger partial charge in [-0.05, 0) is 35.7 Å². The highest BCUT2D eigenvalue weighted by Crippen LogP contribution is 2.34. The molecule has 0 fully saturated rings. The number of nitrogens with zero attached hydrogens (tertiary/aromatic N) is 3. The Kier molecular flexibility index (Phi) is 2.56. The van der Waals surface area contributed by atoms with Crippen molar-refractivity contribution in [1.29, 1.82) is 5.26 Å². The fourth-order valence-electron chi connectivity index (χ4n) is 2.58. The molecule has 21 heavy (non-hydrogen) atoms. The van der Waals surface area contributed by atoms with Crippen LogP contribution in [0, 0.1) is 11.3 Å². The largest absolute Gasteiger partial charge is 0.326 e. The second-order valence-corrected chi connectivity index (χ2v) is 6.04. The fourth-order valence-corrected chi connectivity index (χ4v) is 3.67. The van der Waals surface area contributed by atoms with Crippen LogP contribution in [0.2, 0.25) is 0 Å². The van der Waals surface area contributed by atoms with E-state index in [2.05, 4.69) is 34.9 Å². The Bertz CT molecular complexity index is 985. The van der Waals surface area contributed by atoms with Gasteiger partial charge in [-0.2, -0.15) is 5.26 Å². The first-order valence-corrected chi connectivity index (χ1v) is 7.43. The highest BCUT2D eigenvalue weighted by molar-refractivity contribution is 7.22. The van der Waals surface area contributed by atoms with Crippen LogP contribution in [0.1, 0.15) is 5.56 Å². The molecule has 0 aliphatic rings. The summed E-state index contributed by atoms with van der Waals surface area (Å²) in [5.41, 5.74) is 2.55. The van der Waals surface area contributed by atoms with Crippen LogP contribution in [0.3, 0.4) is 0 Å². The topological polar surface area (TPSA) is 41.6 Å². The molecule has 0 aliphatic carbocycles. The van der Waals surface area contributed by atoms with Crippen molar-refractivity contribution in [3.05, 3.63) is 54.1 Å². The number of aromatic nitrogens is 2. The number of aryl methyl sites for hydroxylation is 1. The van der Waals surface area contributed by atoms with E-state index in [1.165, 1.54) is 10.1 Å². The molecule has 0 spiro atoms. The Hall–Kier alpha value is -2.64. The average Bonchev–Trinajstić information content (AvgIpc) is 3.08. The lowest BCUT2D eigenvalue weighted by Gasteiger charge is -1.98. The van der Waals surface area contributed by atoms with E-state index in [0.717, 1.165) is 21.7 Å². The van der Waals surface area contributed by atoms with Crippen LogP contribution < -0.4 is 0 Å². The molecule has 0 radical (unpaired) electrons. The maximum Gasteiger partial charge on any atom is 0.151 e. The minimum atomic E-state index is 0.642. The first-order valence-electron chi connectivity index (χ1n) is 6.62. The van der Waals surface area contributed by atoms with Crippen LogP contribution in [0.25, 0.3) is 31.8 Å². The lowest BCUT2D eigenvalue weighted by molar-refractivity contribution is 0.963. The van der Waals surface area contributed by atoms with Gasteiger partial charge in [0, 0.05) is 11.7 Å². The third-order valence-corrected chi connectivity index (χ3v) is 4.77. The van der Waals surface area contributed by atoms with E-state index in [-0.39, 0.29) is 0 Å². The first-order chi connectivity index (χ1) is 10.3. The predicted molar refractivity (Wildman–Crippen MR) is 86.2 cm³/mol. The van der Waals surface area contributed by atoms with Gasteiger partial charge in [0.05, 0.1) is 27.5 Å². The van der Waals surface area contributed by atoms with E-state index < -0.39 is 0 Å². The molecule has 0 saturated carbocycles. The van der Waals surface area contributed by atoms with Gasteiger partial charge in [-0.3, -0.25) is 0 Å². The van der Waals surface area contributed by atoms with Crippen molar-refractivity contribution >= 4 is 32.5 Å². The van der Waals surface area contributed by atoms with Crippen molar-refractivity contribution < 1.29 is 0 Å². The zero-order chi connectivity index (χ0) is 14.4. The van der Waals surface area contributed by atoms with Crippen LogP contribution in [-0.4, -0.2) is 9.55 Å². The number of thiophene rings is 1. The molecule has 0 amide bonds. The number of hydrogen-bond acceptors (Lipinski definition) is 3. The summed E-state index contributed by atoms with van der Waals surface area (Å²) in [5, 5.41) is 10.2. The number of benzene rings is 2. The molecule has 3 nitrogen and oxygen atoms in total. The van der Waals surface area contributed by atoms with Crippen molar-refractivity contribution in [3.8, 4) is 16.8 Å². The van der Waals surface area contributed by atoms with Gasteiger partial charge in [-0.15, -0.1) is 11.3 Å². The van der Waals surface area contributed by atoms with Gasteiger partial charge in [0.2, 0.25) is 0 Å². The molecule has 4 heteroatoms. The van der Waals surface area contributed by atoms with Gasteiger partial charge < -0.3 is 4.57 Å². The van der Waals surface area contributed by atoms with Crippen molar-refractivity contribution in [3.63, 3.8) is 0 Å². The van der Waals surface area contributed by atoms with Crippen LogP contribution in [0.5, 0.6) is 0 Å². The van der Waals surface area contributed by atoms with E-state index >= 15 is 0 Å². The Balaban J connectivity index is 1.97. The molecule has 2 aromatic carbocycles. The third-order valence-electron chi connectivity index (χ3n) is 3.66. The van der Waals surface area contributed by atoms with Gasteiger partial charge in [-0.25, -0.2) is 4.98 Å². The summed E-state index contributed by atoms with van der Waals surface area (Å²) in [5.74, 6) is 0.946. The molecular weight excluding hydrogens is 278 g/mol. The standard InChI is InChI=1S/C17H11N3S/c1-20-14-7-6-11(10-18)8-13(14)19-17(20)16-9-12-4-2-3-5-15(12)21-16/h2-9H,1H3. The van der Waals surface area contributed by atoms with Crippen LogP contribution in [-0.2, 0) is 7.05 Å². The summed E-state index contributed by atoms with van der Waals surface area (Å²) in [6.07, 6.45) is 0. The molecule has 4 rings (SSSR count). The van der Waals surface area contributed by atoms with Crippen molar-refractivity contribution in [2.24, 2.45) is 7.05 Å². The number of rotatable bonds is 1. The summed E-state index contributed by atoms with van der Waals surface area (Å²) < 4.78 is 3.35. The molecule has 4 aromatic rings. The zero-order valence-electron chi connectivity index (χ0n) is 11.4. The maximum atomic E-state index is 9.00. The molecule has 0 unspecified atom stereocenters. The molecule has 0 aliphatic heterocycles. The highest BCUT2D eigenvalue weighted by atomic mass is 32.1. The van der Waals surface area contributed by atoms with Crippen molar-refractivity contribution in [1.82, 2.24) is 9.55 Å². The SMILES string of the molecule is Cn1c(-c2cc3ccccc3s2)nc2cc(C#N)ccc21. The van der Waals surface area contributed by atoms with Crippen LogP contribution in [0.15, 0.2) is 48.5 Å². The molecular formula is C17H11N3S. The van der Waals surface area contributed by atoms with E-state index in [1.54, 1.807) is 11.3 Å². The smallest absolute Gasteiger partial charge is 0.151 e. The summed E-state index contributed by atoms with van der Waals surface area (Å²) in [7, 11) is 2.01. The van der Waals surface area contributed by atoms with E-state index in [4.69, 9.17) is 10.2 Å². The van der Waals surface area contributed by atoms with E-state index in [1.807, 2.05) is 31.3 Å². The highest BCUT2D eigenvalue weighted by Gasteiger charge is 2.12. The fraction of sp³-hybridized carbons (Fsp3) is 0.0588. The molecule has 0 saturated heterocycles. The predicted octanol–water partition coefficient (Wildman–Crippen LogP) is 4.33. The average molecular weight is 289 g/mol. The Labute approximate surface area is 125 Å². The van der Waals surface area contributed by atoms with Gasteiger partial charge in [0.15, 0.2) is 5.82 Å².